The average molecular weight is 457 g/mol. The SMILES string of the molecule is CCC1(CC)c2cc(O)c(O)c(O)c2C2(c3cc(O)c(O)c(O)c3C(CC)(CC)C2C)C1C. The van der Waals surface area contributed by atoms with Crippen molar-refractivity contribution in [1.82, 2.24) is 0 Å². The maximum Gasteiger partial charge on any atom is 0.200 e. The van der Waals surface area contributed by atoms with Gasteiger partial charge in [-0.2, -0.15) is 0 Å². The number of fused-ring (bicyclic) bond motifs is 4. The van der Waals surface area contributed by atoms with Crippen LogP contribution in [0.5, 0.6) is 34.5 Å². The molecule has 0 bridgehead atoms. The van der Waals surface area contributed by atoms with Crippen molar-refractivity contribution in [2.45, 2.75) is 83.5 Å². The standard InChI is InChI=1S/C27H36O6/c1-7-25(8-2)13(5)27(20-15(25)11-17(28)22(31)24(20)33)14(6)26(9-3,10-4)19-16(27)12-18(29)21(30)23(19)32/h11-14,28-33H,7-10H2,1-6H3. The van der Waals surface area contributed by atoms with Gasteiger partial charge >= 0.3 is 0 Å². The van der Waals surface area contributed by atoms with Crippen LogP contribution in [0.1, 0.15) is 89.5 Å². The second-order valence-corrected chi connectivity index (χ2v) is 10.1. The summed E-state index contributed by atoms with van der Waals surface area (Å²) in [5.41, 5.74) is 0.808. The first-order valence-electron chi connectivity index (χ1n) is 12.0. The Hall–Kier alpha value is -2.76. The zero-order valence-corrected chi connectivity index (χ0v) is 20.3. The summed E-state index contributed by atoms with van der Waals surface area (Å²) in [5, 5.41) is 64.6. The van der Waals surface area contributed by atoms with E-state index in [1.54, 1.807) is 6.07 Å². The predicted molar refractivity (Wildman–Crippen MR) is 127 cm³/mol. The van der Waals surface area contributed by atoms with Gasteiger partial charge in [0.25, 0.3) is 0 Å². The summed E-state index contributed by atoms with van der Waals surface area (Å²) in [5.74, 6) is -2.79. The molecule has 2 aromatic rings. The molecule has 0 saturated carbocycles. The van der Waals surface area contributed by atoms with Crippen LogP contribution in [0, 0.1) is 11.8 Å². The molecular weight excluding hydrogens is 420 g/mol. The molecule has 2 aromatic carbocycles. The molecule has 6 N–H and O–H groups in total. The van der Waals surface area contributed by atoms with Crippen LogP contribution in [0.4, 0.5) is 0 Å². The molecule has 2 aliphatic carbocycles. The molecule has 3 unspecified atom stereocenters. The number of phenols is 6. The van der Waals surface area contributed by atoms with Crippen LogP contribution in [0.3, 0.4) is 0 Å². The topological polar surface area (TPSA) is 121 Å². The molecule has 0 fully saturated rings. The Bertz CT molecular complexity index is 1130. The molecule has 6 heteroatoms. The Morgan fingerprint density at radius 3 is 1.42 bits per heavy atom. The zero-order chi connectivity index (χ0) is 24.7. The summed E-state index contributed by atoms with van der Waals surface area (Å²) in [7, 11) is 0. The molecule has 1 spiro atoms. The van der Waals surface area contributed by atoms with E-state index in [2.05, 4.69) is 27.7 Å². The lowest BCUT2D eigenvalue weighted by atomic mass is 9.56. The molecule has 0 radical (unpaired) electrons. The lowest BCUT2D eigenvalue weighted by molar-refractivity contribution is 0.127. The number of benzene rings is 2. The maximum absolute atomic E-state index is 11.3. The summed E-state index contributed by atoms with van der Waals surface area (Å²) in [6.45, 7) is 12.5. The van der Waals surface area contributed by atoms with Crippen LogP contribution >= 0.6 is 0 Å². The van der Waals surface area contributed by atoms with Gasteiger partial charge in [-0.3, -0.25) is 0 Å². The highest BCUT2D eigenvalue weighted by Crippen LogP contribution is 2.74. The molecule has 33 heavy (non-hydrogen) atoms. The Balaban J connectivity index is 2.29. The van der Waals surface area contributed by atoms with E-state index in [4.69, 9.17) is 0 Å². The Kier molecular flexibility index (Phi) is 5.05. The van der Waals surface area contributed by atoms with Crippen LogP contribution < -0.4 is 0 Å². The minimum atomic E-state index is -0.860. The summed E-state index contributed by atoms with van der Waals surface area (Å²) < 4.78 is 0. The third-order valence-electron chi connectivity index (χ3n) is 9.95. The van der Waals surface area contributed by atoms with Crippen molar-refractivity contribution in [2.24, 2.45) is 11.8 Å². The molecule has 0 amide bonds. The first kappa shape index (κ1) is 23.4. The summed E-state index contributed by atoms with van der Waals surface area (Å²) in [6.07, 6.45) is 2.84. The lowest BCUT2D eigenvalue weighted by Crippen LogP contribution is -2.45. The fraction of sp³-hybridized carbons (Fsp3) is 0.556. The number of hydrogen-bond donors (Lipinski definition) is 6. The Labute approximate surface area is 195 Å². The second kappa shape index (κ2) is 7.12. The van der Waals surface area contributed by atoms with E-state index >= 15 is 0 Å². The van der Waals surface area contributed by atoms with Gasteiger partial charge in [0, 0.05) is 22.0 Å². The minimum absolute atomic E-state index is 0.0980. The smallest absolute Gasteiger partial charge is 0.200 e. The highest BCUT2D eigenvalue weighted by atomic mass is 16.3. The monoisotopic (exact) mass is 456 g/mol. The van der Waals surface area contributed by atoms with Crippen LogP contribution in [0.2, 0.25) is 0 Å². The van der Waals surface area contributed by atoms with Gasteiger partial charge in [-0.15, -0.1) is 0 Å². The van der Waals surface area contributed by atoms with Crippen LogP contribution in [-0.4, -0.2) is 30.6 Å². The predicted octanol–water partition coefficient (Wildman–Crippen LogP) is 5.62. The minimum Gasteiger partial charge on any atom is -0.504 e. The third kappa shape index (κ3) is 2.29. The average Bonchev–Trinajstić information content (AvgIpc) is 3.15. The van der Waals surface area contributed by atoms with E-state index in [0.717, 1.165) is 18.4 Å². The van der Waals surface area contributed by atoms with Crippen LogP contribution in [0.15, 0.2) is 12.1 Å². The van der Waals surface area contributed by atoms with E-state index in [-0.39, 0.29) is 29.1 Å². The maximum atomic E-state index is 11.3. The van der Waals surface area contributed by atoms with Crippen molar-refractivity contribution in [3.63, 3.8) is 0 Å². The highest BCUT2D eigenvalue weighted by molar-refractivity contribution is 5.74. The third-order valence-corrected chi connectivity index (χ3v) is 9.95. The summed E-state index contributed by atoms with van der Waals surface area (Å²) in [6, 6.07) is 3.10. The fourth-order valence-corrected chi connectivity index (χ4v) is 8.12. The fourth-order valence-electron chi connectivity index (χ4n) is 8.12. The number of aromatic hydroxyl groups is 6. The molecule has 2 aliphatic rings. The largest absolute Gasteiger partial charge is 0.504 e. The van der Waals surface area contributed by atoms with Gasteiger partial charge in [-0.05, 0) is 66.2 Å². The van der Waals surface area contributed by atoms with Crippen molar-refractivity contribution in [3.8, 4) is 34.5 Å². The van der Waals surface area contributed by atoms with Crippen LogP contribution in [-0.2, 0) is 16.2 Å². The summed E-state index contributed by atoms with van der Waals surface area (Å²) in [4.78, 5) is 0. The van der Waals surface area contributed by atoms with Gasteiger partial charge < -0.3 is 30.6 Å². The van der Waals surface area contributed by atoms with E-state index in [9.17, 15) is 30.6 Å². The van der Waals surface area contributed by atoms with Crippen molar-refractivity contribution < 1.29 is 30.6 Å². The van der Waals surface area contributed by atoms with Crippen molar-refractivity contribution in [2.75, 3.05) is 0 Å². The van der Waals surface area contributed by atoms with Crippen molar-refractivity contribution in [1.29, 1.82) is 0 Å². The van der Waals surface area contributed by atoms with Gasteiger partial charge in [-0.1, -0.05) is 41.5 Å². The molecule has 0 heterocycles. The molecule has 3 atom stereocenters. The van der Waals surface area contributed by atoms with E-state index < -0.39 is 33.5 Å². The first-order chi connectivity index (χ1) is 15.5. The number of hydrogen-bond acceptors (Lipinski definition) is 6. The van der Waals surface area contributed by atoms with Gasteiger partial charge in [0.15, 0.2) is 23.0 Å². The zero-order valence-electron chi connectivity index (χ0n) is 20.3. The van der Waals surface area contributed by atoms with Gasteiger partial charge in [0.2, 0.25) is 11.5 Å². The molecule has 4 rings (SSSR count). The molecule has 180 valence electrons. The van der Waals surface area contributed by atoms with Crippen LogP contribution in [0.25, 0.3) is 0 Å². The van der Waals surface area contributed by atoms with Gasteiger partial charge in [0.1, 0.15) is 0 Å². The first-order valence-corrected chi connectivity index (χ1v) is 12.0. The lowest BCUT2D eigenvalue weighted by Gasteiger charge is -2.46. The van der Waals surface area contributed by atoms with Gasteiger partial charge in [-0.25, -0.2) is 0 Å². The molecule has 0 aliphatic heterocycles. The van der Waals surface area contributed by atoms with Crippen molar-refractivity contribution >= 4 is 0 Å². The molecule has 0 saturated heterocycles. The van der Waals surface area contributed by atoms with Gasteiger partial charge in [0.05, 0.1) is 0 Å². The second-order valence-electron chi connectivity index (χ2n) is 10.1. The molecule has 0 aromatic heterocycles. The Morgan fingerprint density at radius 1 is 0.576 bits per heavy atom. The van der Waals surface area contributed by atoms with E-state index in [1.807, 2.05) is 13.8 Å². The quantitative estimate of drug-likeness (QED) is 0.332. The van der Waals surface area contributed by atoms with E-state index in [1.165, 1.54) is 6.07 Å². The van der Waals surface area contributed by atoms with Crippen molar-refractivity contribution in [3.05, 3.63) is 34.4 Å². The molecule has 6 nitrogen and oxygen atoms in total. The molecular formula is C27H36O6. The highest BCUT2D eigenvalue weighted by Gasteiger charge is 2.69. The normalized spacial score (nSPS) is 26.5. The Morgan fingerprint density at radius 2 is 0.970 bits per heavy atom. The van der Waals surface area contributed by atoms with E-state index in [0.29, 0.717) is 29.5 Å². The number of rotatable bonds is 4. The number of phenolic OH excluding ortho intramolecular Hbond substituents is 6. The summed E-state index contributed by atoms with van der Waals surface area (Å²) >= 11 is 0.